The van der Waals surface area contributed by atoms with Crippen LogP contribution in [0.4, 0.5) is 5.69 Å². The quantitative estimate of drug-likeness (QED) is 0.528. The Morgan fingerprint density at radius 1 is 1.10 bits per heavy atom. The molecule has 0 aliphatic heterocycles. The molecule has 1 N–H and O–H groups in total. The van der Waals surface area contributed by atoms with Crippen molar-refractivity contribution in [3.63, 3.8) is 0 Å². The molecule has 0 spiro atoms. The van der Waals surface area contributed by atoms with Gasteiger partial charge in [-0.2, -0.15) is 10.4 Å². The van der Waals surface area contributed by atoms with E-state index in [4.69, 9.17) is 5.26 Å². The SMILES string of the molecule is Cc1ccc(C(=O)/C(C#N)=N\Nc2cccc(C)c2)cc1. The number of nitrogens with zero attached hydrogens (tertiary/aromatic N) is 2. The average Bonchev–Trinajstić information content (AvgIpc) is 2.48. The van der Waals surface area contributed by atoms with Gasteiger partial charge in [0.05, 0.1) is 5.69 Å². The number of nitrogens with one attached hydrogen (secondary N) is 1. The van der Waals surface area contributed by atoms with Crippen LogP contribution >= 0.6 is 0 Å². The molecule has 0 aliphatic rings. The molecule has 0 aliphatic carbocycles. The lowest BCUT2D eigenvalue weighted by atomic mass is 10.1. The molecule has 0 saturated carbocycles. The molecule has 0 saturated heterocycles. The monoisotopic (exact) mass is 277 g/mol. The van der Waals surface area contributed by atoms with Crippen LogP contribution < -0.4 is 5.43 Å². The number of Topliss-reactive ketones (excluding diaryl/α,β-unsaturated/α-hetero) is 1. The van der Waals surface area contributed by atoms with E-state index in [1.54, 1.807) is 12.1 Å². The molecule has 0 radical (unpaired) electrons. The Kier molecular flexibility index (Phi) is 4.47. The highest BCUT2D eigenvalue weighted by Gasteiger charge is 2.13. The molecule has 0 atom stereocenters. The summed E-state index contributed by atoms with van der Waals surface area (Å²) >= 11 is 0. The van der Waals surface area contributed by atoms with Gasteiger partial charge in [-0.05, 0) is 31.5 Å². The van der Waals surface area contributed by atoms with Gasteiger partial charge in [-0.15, -0.1) is 0 Å². The van der Waals surface area contributed by atoms with Gasteiger partial charge in [-0.3, -0.25) is 10.2 Å². The van der Waals surface area contributed by atoms with Crippen molar-refractivity contribution in [3.8, 4) is 6.07 Å². The maximum Gasteiger partial charge on any atom is 0.223 e. The van der Waals surface area contributed by atoms with Crippen LogP contribution in [0.2, 0.25) is 0 Å². The first kappa shape index (κ1) is 14.5. The highest BCUT2D eigenvalue weighted by atomic mass is 16.1. The summed E-state index contributed by atoms with van der Waals surface area (Å²) in [4.78, 5) is 12.2. The molecular weight excluding hydrogens is 262 g/mol. The fourth-order valence-corrected chi connectivity index (χ4v) is 1.80. The van der Waals surface area contributed by atoms with E-state index in [-0.39, 0.29) is 5.71 Å². The van der Waals surface area contributed by atoms with Gasteiger partial charge in [0.2, 0.25) is 11.5 Å². The standard InChI is InChI=1S/C17H15N3O/c1-12-6-8-14(9-7-12)17(21)16(11-18)20-19-15-5-3-4-13(2)10-15/h3-10,19H,1-2H3/b20-16-. The molecule has 21 heavy (non-hydrogen) atoms. The summed E-state index contributed by atoms with van der Waals surface area (Å²) in [7, 11) is 0. The summed E-state index contributed by atoms with van der Waals surface area (Å²) in [6, 6.07) is 16.4. The second-order valence-corrected chi connectivity index (χ2v) is 4.75. The number of hydrazone groups is 1. The molecule has 2 aromatic carbocycles. The summed E-state index contributed by atoms with van der Waals surface area (Å²) in [6.45, 7) is 3.89. The third kappa shape index (κ3) is 3.77. The Hall–Kier alpha value is -2.93. The van der Waals surface area contributed by atoms with Crippen LogP contribution in [-0.2, 0) is 0 Å². The van der Waals surface area contributed by atoms with Crippen molar-refractivity contribution in [1.29, 1.82) is 5.26 Å². The third-order valence-electron chi connectivity index (χ3n) is 2.95. The van der Waals surface area contributed by atoms with Gasteiger partial charge in [-0.25, -0.2) is 0 Å². The second kappa shape index (κ2) is 6.49. The average molecular weight is 277 g/mol. The van der Waals surface area contributed by atoms with Gasteiger partial charge in [0, 0.05) is 5.56 Å². The first-order chi connectivity index (χ1) is 10.1. The van der Waals surface area contributed by atoms with E-state index in [1.165, 1.54) is 0 Å². The Morgan fingerprint density at radius 2 is 1.81 bits per heavy atom. The molecule has 0 amide bonds. The number of rotatable bonds is 4. The first-order valence-electron chi connectivity index (χ1n) is 6.52. The van der Waals surface area contributed by atoms with Crippen LogP contribution in [0.25, 0.3) is 0 Å². The van der Waals surface area contributed by atoms with Crippen LogP contribution in [0.5, 0.6) is 0 Å². The minimum atomic E-state index is -0.391. The van der Waals surface area contributed by atoms with Crippen LogP contribution in [0.15, 0.2) is 53.6 Å². The second-order valence-electron chi connectivity index (χ2n) is 4.75. The van der Waals surface area contributed by atoms with Crippen LogP contribution in [0.1, 0.15) is 21.5 Å². The number of carbonyl (C=O) groups is 1. The zero-order chi connectivity index (χ0) is 15.2. The van der Waals surface area contributed by atoms with Gasteiger partial charge < -0.3 is 0 Å². The summed E-state index contributed by atoms with van der Waals surface area (Å²) < 4.78 is 0. The molecule has 0 heterocycles. The molecule has 104 valence electrons. The largest absolute Gasteiger partial charge is 0.286 e. The lowest BCUT2D eigenvalue weighted by Gasteiger charge is -2.03. The van der Waals surface area contributed by atoms with Crippen LogP contribution in [0, 0.1) is 25.2 Å². The smallest absolute Gasteiger partial charge is 0.223 e. The minimum Gasteiger partial charge on any atom is -0.286 e. The Labute approximate surface area is 123 Å². The Bertz CT molecular complexity index is 724. The molecule has 0 fully saturated rings. The minimum absolute atomic E-state index is 0.166. The maximum atomic E-state index is 12.2. The molecule has 4 nitrogen and oxygen atoms in total. The number of ketones is 1. The molecule has 2 rings (SSSR count). The van der Waals surface area contributed by atoms with Crippen molar-refractivity contribution in [1.82, 2.24) is 0 Å². The highest BCUT2D eigenvalue weighted by Crippen LogP contribution is 2.10. The van der Waals surface area contributed by atoms with E-state index < -0.39 is 5.78 Å². The van der Waals surface area contributed by atoms with Gasteiger partial charge in [0.15, 0.2) is 0 Å². The lowest BCUT2D eigenvalue weighted by Crippen LogP contribution is -2.14. The number of benzene rings is 2. The fourth-order valence-electron chi connectivity index (χ4n) is 1.80. The molecule has 4 heteroatoms. The number of hydrogen-bond donors (Lipinski definition) is 1. The number of aryl methyl sites for hydroxylation is 2. The lowest BCUT2D eigenvalue weighted by molar-refractivity contribution is 0.106. The summed E-state index contributed by atoms with van der Waals surface area (Å²) in [5, 5.41) is 13.0. The number of anilines is 1. The topological polar surface area (TPSA) is 65.2 Å². The van der Waals surface area contributed by atoms with Crippen molar-refractivity contribution in [2.24, 2.45) is 5.10 Å². The normalized spacial score (nSPS) is 10.8. The molecule has 2 aromatic rings. The Morgan fingerprint density at radius 3 is 2.43 bits per heavy atom. The van der Waals surface area contributed by atoms with Gasteiger partial charge >= 0.3 is 0 Å². The number of carbonyl (C=O) groups excluding carboxylic acids is 1. The maximum absolute atomic E-state index is 12.2. The van der Waals surface area contributed by atoms with Gasteiger partial charge in [0.25, 0.3) is 0 Å². The van der Waals surface area contributed by atoms with Crippen molar-refractivity contribution in [2.75, 3.05) is 5.43 Å². The van der Waals surface area contributed by atoms with Crippen LogP contribution in [-0.4, -0.2) is 11.5 Å². The third-order valence-corrected chi connectivity index (χ3v) is 2.95. The predicted octanol–water partition coefficient (Wildman–Crippen LogP) is 3.48. The number of nitriles is 1. The zero-order valence-corrected chi connectivity index (χ0v) is 11.9. The van der Waals surface area contributed by atoms with Crippen molar-refractivity contribution in [3.05, 3.63) is 65.2 Å². The number of hydrogen-bond acceptors (Lipinski definition) is 4. The van der Waals surface area contributed by atoms with Crippen molar-refractivity contribution in [2.45, 2.75) is 13.8 Å². The van der Waals surface area contributed by atoms with E-state index >= 15 is 0 Å². The van der Waals surface area contributed by atoms with E-state index in [0.717, 1.165) is 16.8 Å². The Balaban J connectivity index is 2.19. The highest BCUT2D eigenvalue weighted by molar-refractivity contribution is 6.51. The van der Waals surface area contributed by atoms with Gasteiger partial charge in [0.1, 0.15) is 6.07 Å². The van der Waals surface area contributed by atoms with Crippen molar-refractivity contribution < 1.29 is 4.79 Å². The predicted molar refractivity (Wildman–Crippen MR) is 83.4 cm³/mol. The van der Waals surface area contributed by atoms with E-state index in [9.17, 15) is 4.79 Å². The summed E-state index contributed by atoms with van der Waals surface area (Å²) in [5.74, 6) is -0.391. The van der Waals surface area contributed by atoms with E-state index in [2.05, 4.69) is 10.5 Å². The summed E-state index contributed by atoms with van der Waals surface area (Å²) in [6.07, 6.45) is 0. The van der Waals surface area contributed by atoms with E-state index in [1.807, 2.05) is 56.3 Å². The fraction of sp³-hybridized carbons (Fsp3) is 0.118. The summed E-state index contributed by atoms with van der Waals surface area (Å²) in [5.41, 5.74) is 5.89. The zero-order valence-electron chi connectivity index (χ0n) is 11.9. The first-order valence-corrected chi connectivity index (χ1v) is 6.52. The van der Waals surface area contributed by atoms with Crippen molar-refractivity contribution >= 4 is 17.2 Å². The molecule has 0 bridgehead atoms. The van der Waals surface area contributed by atoms with Gasteiger partial charge in [-0.1, -0.05) is 42.0 Å². The molecule has 0 unspecified atom stereocenters. The van der Waals surface area contributed by atoms with E-state index in [0.29, 0.717) is 5.56 Å². The molecular formula is C17H15N3O. The van der Waals surface area contributed by atoms with Crippen LogP contribution in [0.3, 0.4) is 0 Å². The molecule has 0 aromatic heterocycles.